The number of aryl methyl sites for hydroxylation is 1. The van der Waals surface area contributed by atoms with Crippen LogP contribution in [0.1, 0.15) is 19.4 Å². The Morgan fingerprint density at radius 3 is 2.62 bits per heavy atom. The molecule has 0 saturated heterocycles. The third-order valence-electron chi connectivity index (χ3n) is 3.92. The van der Waals surface area contributed by atoms with E-state index in [1.165, 1.54) is 27.4 Å². The summed E-state index contributed by atoms with van der Waals surface area (Å²) in [7, 11) is 0. The van der Waals surface area contributed by atoms with Crippen molar-refractivity contribution in [3.8, 4) is 0 Å². The quantitative estimate of drug-likeness (QED) is 0.753. The van der Waals surface area contributed by atoms with Crippen LogP contribution in [0.25, 0.3) is 21.8 Å². The fraction of sp³-hybridized carbons (Fsp3) is 0.333. The number of para-hydroxylation sites is 1. The zero-order chi connectivity index (χ0) is 14.8. The van der Waals surface area contributed by atoms with Gasteiger partial charge in [-0.15, -0.1) is 0 Å². The summed E-state index contributed by atoms with van der Waals surface area (Å²) in [6.07, 6.45) is -0.310. The van der Waals surface area contributed by atoms with Gasteiger partial charge in [0.05, 0.1) is 6.10 Å². The molecule has 110 valence electrons. The Labute approximate surface area is 125 Å². The second kappa shape index (κ2) is 5.88. The van der Waals surface area contributed by atoms with Crippen molar-refractivity contribution in [3.05, 3.63) is 48.0 Å². The number of fused-ring (bicyclic) bond motifs is 3. The standard InChI is InChI=1S/C18H22N2O/c1-3-20-17-7-5-4-6-15(17)16-10-14(8-9-18(16)20)12-19-11-13(2)21/h4-10,13,19,21H,3,11-12H2,1-2H3/t13-/m0/s1. The molecule has 2 aromatic carbocycles. The van der Waals surface area contributed by atoms with E-state index in [1.807, 2.05) is 0 Å². The Morgan fingerprint density at radius 1 is 1.10 bits per heavy atom. The van der Waals surface area contributed by atoms with Gasteiger partial charge in [-0.1, -0.05) is 24.3 Å². The van der Waals surface area contributed by atoms with Gasteiger partial charge in [-0.25, -0.2) is 0 Å². The number of rotatable bonds is 5. The van der Waals surface area contributed by atoms with Crippen LogP contribution in [0.15, 0.2) is 42.5 Å². The monoisotopic (exact) mass is 282 g/mol. The molecule has 1 atom stereocenters. The van der Waals surface area contributed by atoms with Gasteiger partial charge >= 0.3 is 0 Å². The first-order valence-corrected chi connectivity index (χ1v) is 7.59. The van der Waals surface area contributed by atoms with Crippen LogP contribution in [-0.4, -0.2) is 22.3 Å². The molecule has 0 spiro atoms. The maximum absolute atomic E-state index is 9.31. The lowest BCUT2D eigenvalue weighted by atomic mass is 10.1. The topological polar surface area (TPSA) is 37.2 Å². The highest BCUT2D eigenvalue weighted by Crippen LogP contribution is 2.29. The molecule has 0 amide bonds. The van der Waals surface area contributed by atoms with Crippen LogP contribution >= 0.6 is 0 Å². The molecule has 1 heterocycles. The van der Waals surface area contributed by atoms with Crippen molar-refractivity contribution in [1.29, 1.82) is 0 Å². The lowest BCUT2D eigenvalue weighted by Crippen LogP contribution is -2.23. The third kappa shape index (κ3) is 2.67. The average Bonchev–Trinajstić information content (AvgIpc) is 2.80. The van der Waals surface area contributed by atoms with Crippen molar-refractivity contribution in [2.45, 2.75) is 33.0 Å². The van der Waals surface area contributed by atoms with Gasteiger partial charge in [0.15, 0.2) is 0 Å². The molecule has 3 heteroatoms. The number of nitrogens with zero attached hydrogens (tertiary/aromatic N) is 1. The molecule has 3 nitrogen and oxygen atoms in total. The van der Waals surface area contributed by atoms with E-state index < -0.39 is 0 Å². The summed E-state index contributed by atoms with van der Waals surface area (Å²) in [5.41, 5.74) is 3.84. The summed E-state index contributed by atoms with van der Waals surface area (Å²) in [6.45, 7) is 6.36. The third-order valence-corrected chi connectivity index (χ3v) is 3.92. The Balaban J connectivity index is 2.02. The summed E-state index contributed by atoms with van der Waals surface area (Å²) in [4.78, 5) is 0. The molecule has 0 aliphatic heterocycles. The normalized spacial score (nSPS) is 13.1. The number of aliphatic hydroxyl groups is 1. The molecule has 2 N–H and O–H groups in total. The highest BCUT2D eigenvalue weighted by molar-refractivity contribution is 6.08. The summed E-state index contributed by atoms with van der Waals surface area (Å²) in [6, 6.07) is 15.2. The molecule has 0 unspecified atom stereocenters. The lowest BCUT2D eigenvalue weighted by Gasteiger charge is -2.07. The number of hydrogen-bond acceptors (Lipinski definition) is 2. The fourth-order valence-electron chi connectivity index (χ4n) is 2.98. The second-order valence-corrected chi connectivity index (χ2v) is 5.59. The zero-order valence-corrected chi connectivity index (χ0v) is 12.6. The minimum atomic E-state index is -0.310. The molecule has 0 saturated carbocycles. The predicted octanol–water partition coefficient (Wildman–Crippen LogP) is 3.28. The Bertz CT molecular complexity index is 758. The van der Waals surface area contributed by atoms with Crippen LogP contribution in [0.5, 0.6) is 0 Å². The number of aliphatic hydroxyl groups excluding tert-OH is 1. The van der Waals surface area contributed by atoms with Gasteiger partial charge in [-0.05, 0) is 37.6 Å². The zero-order valence-electron chi connectivity index (χ0n) is 12.6. The van der Waals surface area contributed by atoms with Crippen LogP contribution < -0.4 is 5.32 Å². The maximum Gasteiger partial charge on any atom is 0.0636 e. The van der Waals surface area contributed by atoms with Gasteiger partial charge in [0.2, 0.25) is 0 Å². The molecule has 0 bridgehead atoms. The van der Waals surface area contributed by atoms with E-state index >= 15 is 0 Å². The summed E-state index contributed by atoms with van der Waals surface area (Å²) in [5, 5.41) is 15.2. The SMILES string of the molecule is CCn1c2ccccc2c2cc(CNC[C@H](C)O)ccc21. The summed E-state index contributed by atoms with van der Waals surface area (Å²) in [5.74, 6) is 0. The van der Waals surface area contributed by atoms with Gasteiger partial charge in [-0.2, -0.15) is 0 Å². The highest BCUT2D eigenvalue weighted by atomic mass is 16.3. The lowest BCUT2D eigenvalue weighted by molar-refractivity contribution is 0.191. The Morgan fingerprint density at radius 2 is 1.86 bits per heavy atom. The minimum Gasteiger partial charge on any atom is -0.392 e. The van der Waals surface area contributed by atoms with E-state index in [-0.39, 0.29) is 6.10 Å². The van der Waals surface area contributed by atoms with Crippen LogP contribution in [0, 0.1) is 0 Å². The van der Waals surface area contributed by atoms with Gasteiger partial charge in [0.25, 0.3) is 0 Å². The van der Waals surface area contributed by atoms with E-state index in [2.05, 4.69) is 59.3 Å². The Kier molecular flexibility index (Phi) is 3.95. The van der Waals surface area contributed by atoms with Gasteiger partial charge < -0.3 is 15.0 Å². The number of nitrogens with one attached hydrogen (secondary N) is 1. The largest absolute Gasteiger partial charge is 0.392 e. The van der Waals surface area contributed by atoms with E-state index in [0.717, 1.165) is 13.1 Å². The molecule has 0 aliphatic rings. The summed E-state index contributed by atoms with van der Waals surface area (Å²) >= 11 is 0. The first kappa shape index (κ1) is 14.1. The van der Waals surface area contributed by atoms with Crippen molar-refractivity contribution in [1.82, 2.24) is 9.88 Å². The first-order valence-electron chi connectivity index (χ1n) is 7.59. The predicted molar refractivity (Wildman–Crippen MR) is 88.5 cm³/mol. The van der Waals surface area contributed by atoms with Gasteiger partial charge in [-0.3, -0.25) is 0 Å². The number of aromatic nitrogens is 1. The van der Waals surface area contributed by atoms with Crippen molar-refractivity contribution in [2.24, 2.45) is 0 Å². The van der Waals surface area contributed by atoms with E-state index in [1.54, 1.807) is 6.92 Å². The van der Waals surface area contributed by atoms with Crippen LogP contribution in [-0.2, 0) is 13.1 Å². The maximum atomic E-state index is 9.31. The molecule has 0 fully saturated rings. The van der Waals surface area contributed by atoms with E-state index in [4.69, 9.17) is 0 Å². The van der Waals surface area contributed by atoms with Crippen LogP contribution in [0.2, 0.25) is 0 Å². The molecule has 1 aromatic heterocycles. The molecule has 3 rings (SSSR count). The first-order chi connectivity index (χ1) is 10.2. The Hall–Kier alpha value is -1.84. The van der Waals surface area contributed by atoms with Crippen molar-refractivity contribution in [2.75, 3.05) is 6.54 Å². The molecular weight excluding hydrogens is 260 g/mol. The molecule has 21 heavy (non-hydrogen) atoms. The van der Waals surface area contributed by atoms with Crippen LogP contribution in [0.3, 0.4) is 0 Å². The second-order valence-electron chi connectivity index (χ2n) is 5.59. The highest BCUT2D eigenvalue weighted by Gasteiger charge is 2.09. The van der Waals surface area contributed by atoms with Crippen molar-refractivity contribution >= 4 is 21.8 Å². The number of hydrogen-bond donors (Lipinski definition) is 2. The molecule has 3 aromatic rings. The smallest absolute Gasteiger partial charge is 0.0636 e. The molecule has 0 radical (unpaired) electrons. The minimum absolute atomic E-state index is 0.310. The van der Waals surface area contributed by atoms with Gasteiger partial charge in [0.1, 0.15) is 0 Å². The number of benzene rings is 2. The average molecular weight is 282 g/mol. The fourth-order valence-corrected chi connectivity index (χ4v) is 2.98. The van der Waals surface area contributed by atoms with E-state index in [0.29, 0.717) is 6.54 Å². The van der Waals surface area contributed by atoms with Crippen molar-refractivity contribution < 1.29 is 5.11 Å². The van der Waals surface area contributed by atoms with Crippen molar-refractivity contribution in [3.63, 3.8) is 0 Å². The molecular formula is C18H22N2O. The van der Waals surface area contributed by atoms with Crippen LogP contribution in [0.4, 0.5) is 0 Å². The molecule has 0 aliphatic carbocycles. The summed E-state index contributed by atoms with van der Waals surface area (Å²) < 4.78 is 2.36. The van der Waals surface area contributed by atoms with Gasteiger partial charge in [0, 0.05) is 41.4 Å². The van der Waals surface area contributed by atoms with E-state index in [9.17, 15) is 5.11 Å².